The topological polar surface area (TPSA) is 111 Å². The fourth-order valence-corrected chi connectivity index (χ4v) is 3.72. The van der Waals surface area contributed by atoms with Crippen LogP contribution in [-0.2, 0) is 0 Å². The molecule has 0 bridgehead atoms. The lowest BCUT2D eigenvalue weighted by molar-refractivity contribution is -0.153. The van der Waals surface area contributed by atoms with Crippen LogP contribution >= 0.6 is 0 Å². The number of alkyl halides is 3. The quantitative estimate of drug-likeness (QED) is 0.370. The summed E-state index contributed by atoms with van der Waals surface area (Å²) in [4.78, 5) is 19.0. The van der Waals surface area contributed by atoms with E-state index in [4.69, 9.17) is 9.26 Å². The highest BCUT2D eigenvalue weighted by Gasteiger charge is 2.30. The van der Waals surface area contributed by atoms with Gasteiger partial charge in [-0.15, -0.1) is 10.2 Å². The zero-order valence-corrected chi connectivity index (χ0v) is 18.2. The van der Waals surface area contributed by atoms with Gasteiger partial charge in [0.1, 0.15) is 11.6 Å². The van der Waals surface area contributed by atoms with Crippen LogP contribution in [-0.4, -0.2) is 42.5 Å². The molecule has 9 nitrogen and oxygen atoms in total. The Hall–Kier alpha value is -4.29. The minimum absolute atomic E-state index is 0.0562. The number of aromatic nitrogens is 6. The summed E-state index contributed by atoms with van der Waals surface area (Å²) in [7, 11) is 0. The van der Waals surface area contributed by atoms with Crippen molar-refractivity contribution in [1.29, 1.82) is 0 Å². The predicted molar refractivity (Wildman–Crippen MR) is 115 cm³/mol. The number of aryl methyl sites for hydroxylation is 1. The number of nitrogens with zero attached hydrogens (tertiary/aromatic N) is 5. The minimum atomic E-state index is -4.62. The molecule has 0 aromatic carbocycles. The molecule has 0 aliphatic heterocycles. The lowest BCUT2D eigenvalue weighted by Gasteiger charge is -2.17. The number of fused-ring (bicyclic) bond motifs is 2. The van der Waals surface area contributed by atoms with Gasteiger partial charge >= 0.3 is 6.18 Å². The summed E-state index contributed by atoms with van der Waals surface area (Å²) >= 11 is 0. The second-order valence-corrected chi connectivity index (χ2v) is 7.90. The average molecular weight is 488 g/mol. The molecule has 1 unspecified atom stereocenters. The molecule has 0 spiro atoms. The van der Waals surface area contributed by atoms with E-state index in [-0.39, 0.29) is 33.8 Å². The van der Waals surface area contributed by atoms with Gasteiger partial charge in [-0.2, -0.15) is 13.2 Å². The van der Waals surface area contributed by atoms with Gasteiger partial charge in [0.2, 0.25) is 0 Å². The maximum Gasteiger partial charge on any atom is 0.422 e. The lowest BCUT2D eigenvalue weighted by Crippen LogP contribution is -2.21. The van der Waals surface area contributed by atoms with Crippen LogP contribution in [0.4, 0.5) is 17.6 Å². The van der Waals surface area contributed by atoms with Crippen molar-refractivity contribution in [3.05, 3.63) is 70.0 Å². The Morgan fingerprint density at radius 3 is 2.74 bits per heavy atom. The molecule has 0 fully saturated rings. The summed E-state index contributed by atoms with van der Waals surface area (Å²) in [6.45, 7) is 1.74. The molecule has 35 heavy (non-hydrogen) atoms. The van der Waals surface area contributed by atoms with E-state index in [1.807, 2.05) is 0 Å². The highest BCUT2D eigenvalue weighted by molar-refractivity contribution is 5.79. The summed E-state index contributed by atoms with van der Waals surface area (Å²) in [6, 6.07) is 5.55. The standard InChI is InChI=1S/C22H16F4N6O3/c1-10-5-16(35-31-10)12-6-14(23)20-30-29-19(32(20)8-12)11(2)18-17(34-9-22(24,25)26)7-13-15(28-18)3-4-27-21(13)33/h3-8,11H,9H2,1-2H3,(H,27,33). The smallest absolute Gasteiger partial charge is 0.422 e. The summed E-state index contributed by atoms with van der Waals surface area (Å²) in [5, 5.41) is 11.8. The Kier molecular flexibility index (Phi) is 5.26. The molecule has 0 radical (unpaired) electrons. The Bertz CT molecular complexity index is 1620. The van der Waals surface area contributed by atoms with Gasteiger partial charge in [-0.3, -0.25) is 9.20 Å². The molecule has 180 valence electrons. The van der Waals surface area contributed by atoms with Gasteiger partial charge in [-0.05, 0) is 32.0 Å². The molecule has 13 heteroatoms. The van der Waals surface area contributed by atoms with Crippen LogP contribution in [0.5, 0.6) is 5.75 Å². The molecule has 0 amide bonds. The molecular formula is C22H16F4N6O3. The maximum absolute atomic E-state index is 14.8. The van der Waals surface area contributed by atoms with Crippen LogP contribution in [0.25, 0.3) is 27.9 Å². The first-order valence-electron chi connectivity index (χ1n) is 10.3. The second kappa shape index (κ2) is 8.18. The molecule has 0 aliphatic rings. The third-order valence-corrected chi connectivity index (χ3v) is 5.33. The molecule has 0 saturated heterocycles. The molecule has 5 aromatic rings. The number of hydrogen-bond donors (Lipinski definition) is 1. The van der Waals surface area contributed by atoms with E-state index >= 15 is 0 Å². The van der Waals surface area contributed by atoms with Crippen LogP contribution < -0.4 is 10.3 Å². The summed E-state index contributed by atoms with van der Waals surface area (Å²) in [5.74, 6) is -1.24. The van der Waals surface area contributed by atoms with Gasteiger partial charge in [0, 0.05) is 24.0 Å². The molecule has 0 aliphatic carbocycles. The van der Waals surface area contributed by atoms with Gasteiger partial charge in [0.25, 0.3) is 5.56 Å². The average Bonchev–Trinajstić information content (AvgIpc) is 3.43. The van der Waals surface area contributed by atoms with E-state index in [1.54, 1.807) is 19.9 Å². The molecule has 5 rings (SSSR count). The lowest BCUT2D eigenvalue weighted by atomic mass is 10.0. The van der Waals surface area contributed by atoms with Gasteiger partial charge < -0.3 is 14.2 Å². The first-order chi connectivity index (χ1) is 16.6. The number of H-pyrrole nitrogens is 1. The highest BCUT2D eigenvalue weighted by atomic mass is 19.4. The van der Waals surface area contributed by atoms with Crippen LogP contribution in [0.2, 0.25) is 0 Å². The maximum atomic E-state index is 14.8. The van der Waals surface area contributed by atoms with Crippen molar-refractivity contribution < 1.29 is 26.8 Å². The molecule has 0 saturated carbocycles. The van der Waals surface area contributed by atoms with Gasteiger partial charge in [0.05, 0.1) is 28.2 Å². The first kappa shape index (κ1) is 22.5. The summed E-state index contributed by atoms with van der Waals surface area (Å²) < 4.78 is 65.1. The zero-order valence-electron chi connectivity index (χ0n) is 18.2. The van der Waals surface area contributed by atoms with Gasteiger partial charge in [-0.1, -0.05) is 5.16 Å². The third-order valence-electron chi connectivity index (χ3n) is 5.33. The van der Waals surface area contributed by atoms with Crippen molar-refractivity contribution in [2.45, 2.75) is 25.9 Å². The fraction of sp³-hybridized carbons (Fsp3) is 0.227. The Balaban J connectivity index is 1.66. The SMILES string of the molecule is Cc1cc(-c2cc(F)c3nnc(C(C)c4nc5cc[nH]c(=O)c5cc4OCC(F)(F)F)n3c2)on1. The summed E-state index contributed by atoms with van der Waals surface area (Å²) in [5.41, 5.74) is 0.640. The van der Waals surface area contributed by atoms with Crippen molar-refractivity contribution in [2.75, 3.05) is 6.61 Å². The van der Waals surface area contributed by atoms with E-state index < -0.39 is 30.1 Å². The number of ether oxygens (including phenoxy) is 1. The summed E-state index contributed by atoms with van der Waals surface area (Å²) in [6.07, 6.45) is -1.71. The highest BCUT2D eigenvalue weighted by Crippen LogP contribution is 2.33. The molecular weight excluding hydrogens is 472 g/mol. The third kappa shape index (κ3) is 4.20. The number of halogens is 4. The largest absolute Gasteiger partial charge is 0.482 e. The van der Waals surface area contributed by atoms with Crippen molar-refractivity contribution in [3.8, 4) is 17.1 Å². The number of hydrogen-bond acceptors (Lipinski definition) is 7. The molecule has 5 heterocycles. The zero-order chi connectivity index (χ0) is 24.9. The van der Waals surface area contributed by atoms with E-state index in [2.05, 4.69) is 25.3 Å². The monoisotopic (exact) mass is 488 g/mol. The van der Waals surface area contributed by atoms with Crippen molar-refractivity contribution >= 4 is 16.6 Å². The molecule has 1 N–H and O–H groups in total. The minimum Gasteiger partial charge on any atom is -0.482 e. The molecule has 1 atom stereocenters. The number of rotatable bonds is 5. The Morgan fingerprint density at radius 2 is 2.03 bits per heavy atom. The van der Waals surface area contributed by atoms with Crippen LogP contribution in [0.15, 0.2) is 46.0 Å². The first-order valence-corrected chi connectivity index (χ1v) is 10.3. The number of nitrogens with one attached hydrogen (secondary N) is 1. The number of aromatic amines is 1. The normalized spacial score (nSPS) is 13.0. The van der Waals surface area contributed by atoms with Crippen LogP contribution in [0, 0.1) is 12.7 Å². The molecule has 5 aromatic heterocycles. The Morgan fingerprint density at radius 1 is 1.23 bits per heavy atom. The van der Waals surface area contributed by atoms with E-state index in [9.17, 15) is 22.4 Å². The van der Waals surface area contributed by atoms with Crippen LogP contribution in [0.1, 0.15) is 30.1 Å². The fourth-order valence-electron chi connectivity index (χ4n) is 3.72. The van der Waals surface area contributed by atoms with Crippen molar-refractivity contribution in [2.24, 2.45) is 0 Å². The Labute approximate surface area is 193 Å². The van der Waals surface area contributed by atoms with Crippen molar-refractivity contribution in [3.63, 3.8) is 0 Å². The second-order valence-electron chi connectivity index (χ2n) is 7.90. The predicted octanol–water partition coefficient (Wildman–Crippen LogP) is 4.16. The van der Waals surface area contributed by atoms with E-state index in [1.165, 1.54) is 35.0 Å². The van der Waals surface area contributed by atoms with Gasteiger partial charge in [0.15, 0.2) is 23.8 Å². The van der Waals surface area contributed by atoms with Crippen LogP contribution in [0.3, 0.4) is 0 Å². The van der Waals surface area contributed by atoms with Gasteiger partial charge in [-0.25, -0.2) is 9.37 Å². The number of pyridine rings is 3. The van der Waals surface area contributed by atoms with E-state index in [0.29, 0.717) is 17.0 Å². The van der Waals surface area contributed by atoms with Crippen molar-refractivity contribution in [1.82, 2.24) is 29.7 Å². The van der Waals surface area contributed by atoms with E-state index in [0.717, 1.165) is 0 Å².